The summed E-state index contributed by atoms with van der Waals surface area (Å²) in [4.78, 5) is 11.3. The standard InChI is InChI=1S/C15H18O4/c1-3-17-10-18-9-12-4-6-13(7-5-12)14-8-11(2)15(16)19-14/h4-7,14H,2-3,8-10H2,1H3. The summed E-state index contributed by atoms with van der Waals surface area (Å²) < 4.78 is 15.7. The Labute approximate surface area is 113 Å². The monoisotopic (exact) mass is 262 g/mol. The summed E-state index contributed by atoms with van der Waals surface area (Å²) in [6, 6.07) is 7.85. The summed E-state index contributed by atoms with van der Waals surface area (Å²) in [7, 11) is 0. The Morgan fingerprint density at radius 3 is 2.63 bits per heavy atom. The third-order valence-corrected chi connectivity index (χ3v) is 2.96. The molecular weight excluding hydrogens is 244 g/mol. The lowest BCUT2D eigenvalue weighted by atomic mass is 10.0. The SMILES string of the molecule is C=C1CC(c2ccc(COCOCC)cc2)OC1=O. The number of carbonyl (C=O) groups excluding carboxylic acids is 1. The van der Waals surface area contributed by atoms with Crippen LogP contribution in [0.1, 0.15) is 30.6 Å². The predicted octanol–water partition coefficient (Wildman–Crippen LogP) is 2.74. The summed E-state index contributed by atoms with van der Waals surface area (Å²) in [5, 5.41) is 0. The summed E-state index contributed by atoms with van der Waals surface area (Å²) in [6.07, 6.45) is 0.373. The molecule has 1 aromatic rings. The predicted molar refractivity (Wildman–Crippen MR) is 70.3 cm³/mol. The van der Waals surface area contributed by atoms with Gasteiger partial charge in [0.15, 0.2) is 0 Å². The lowest BCUT2D eigenvalue weighted by Crippen LogP contribution is -2.01. The van der Waals surface area contributed by atoms with Gasteiger partial charge < -0.3 is 14.2 Å². The zero-order valence-corrected chi connectivity index (χ0v) is 11.1. The van der Waals surface area contributed by atoms with E-state index in [2.05, 4.69) is 6.58 Å². The smallest absolute Gasteiger partial charge is 0.334 e. The number of rotatable bonds is 6. The molecule has 4 heteroatoms. The second-order valence-corrected chi connectivity index (χ2v) is 4.40. The van der Waals surface area contributed by atoms with Gasteiger partial charge in [0.2, 0.25) is 0 Å². The van der Waals surface area contributed by atoms with Gasteiger partial charge in [-0.15, -0.1) is 0 Å². The van der Waals surface area contributed by atoms with Crippen LogP contribution >= 0.6 is 0 Å². The molecule has 4 nitrogen and oxygen atoms in total. The van der Waals surface area contributed by atoms with Gasteiger partial charge in [0.1, 0.15) is 12.9 Å². The van der Waals surface area contributed by atoms with E-state index in [1.165, 1.54) is 0 Å². The average Bonchev–Trinajstić information content (AvgIpc) is 2.76. The van der Waals surface area contributed by atoms with E-state index in [4.69, 9.17) is 14.2 Å². The third kappa shape index (κ3) is 3.66. The fourth-order valence-corrected chi connectivity index (χ4v) is 1.88. The molecule has 1 aliphatic heterocycles. The van der Waals surface area contributed by atoms with Gasteiger partial charge in [-0.2, -0.15) is 0 Å². The molecule has 0 spiro atoms. The lowest BCUT2D eigenvalue weighted by molar-refractivity contribution is -0.139. The first-order valence-corrected chi connectivity index (χ1v) is 6.33. The molecule has 0 amide bonds. The van der Waals surface area contributed by atoms with Gasteiger partial charge in [-0.3, -0.25) is 0 Å². The van der Waals surface area contributed by atoms with Crippen molar-refractivity contribution < 1.29 is 19.0 Å². The molecule has 1 heterocycles. The molecule has 1 fully saturated rings. The van der Waals surface area contributed by atoms with Crippen LogP contribution in [-0.4, -0.2) is 19.4 Å². The molecular formula is C15H18O4. The van der Waals surface area contributed by atoms with E-state index in [0.717, 1.165) is 11.1 Å². The van der Waals surface area contributed by atoms with Crippen LogP contribution in [0.3, 0.4) is 0 Å². The zero-order chi connectivity index (χ0) is 13.7. The fraction of sp³-hybridized carbons (Fsp3) is 0.400. The van der Waals surface area contributed by atoms with Crippen molar-refractivity contribution in [3.63, 3.8) is 0 Å². The van der Waals surface area contributed by atoms with Gasteiger partial charge in [-0.05, 0) is 18.1 Å². The van der Waals surface area contributed by atoms with Crippen molar-refractivity contribution in [2.24, 2.45) is 0 Å². The number of carbonyl (C=O) groups is 1. The summed E-state index contributed by atoms with van der Waals surface area (Å²) >= 11 is 0. The molecule has 0 saturated carbocycles. The Balaban J connectivity index is 1.88. The van der Waals surface area contributed by atoms with Crippen molar-refractivity contribution in [1.82, 2.24) is 0 Å². The third-order valence-electron chi connectivity index (χ3n) is 2.96. The van der Waals surface area contributed by atoms with E-state index in [1.807, 2.05) is 31.2 Å². The maximum absolute atomic E-state index is 11.3. The Kier molecular flexibility index (Phi) is 4.71. The van der Waals surface area contributed by atoms with Crippen LogP contribution in [0.4, 0.5) is 0 Å². The minimum absolute atomic E-state index is 0.196. The molecule has 0 N–H and O–H groups in total. The number of esters is 1. The van der Waals surface area contributed by atoms with Crippen molar-refractivity contribution in [3.8, 4) is 0 Å². The van der Waals surface area contributed by atoms with Gasteiger partial charge in [0, 0.05) is 18.6 Å². The molecule has 0 aromatic heterocycles. The van der Waals surface area contributed by atoms with Crippen molar-refractivity contribution in [1.29, 1.82) is 0 Å². The molecule has 1 aliphatic rings. The first kappa shape index (κ1) is 13.8. The quantitative estimate of drug-likeness (QED) is 0.342. The molecule has 1 aromatic carbocycles. The van der Waals surface area contributed by atoms with Crippen molar-refractivity contribution >= 4 is 5.97 Å². The molecule has 1 unspecified atom stereocenters. The Hall–Kier alpha value is -1.65. The maximum atomic E-state index is 11.3. The second-order valence-electron chi connectivity index (χ2n) is 4.40. The highest BCUT2D eigenvalue weighted by molar-refractivity contribution is 5.90. The molecule has 1 saturated heterocycles. The largest absolute Gasteiger partial charge is 0.454 e. The fourth-order valence-electron chi connectivity index (χ4n) is 1.88. The van der Waals surface area contributed by atoms with E-state index in [-0.39, 0.29) is 12.1 Å². The summed E-state index contributed by atoms with van der Waals surface area (Å²) in [5.41, 5.74) is 2.58. The molecule has 0 aliphatic carbocycles. The highest BCUT2D eigenvalue weighted by atomic mass is 16.7. The highest BCUT2D eigenvalue weighted by Gasteiger charge is 2.28. The zero-order valence-electron chi connectivity index (χ0n) is 11.1. The Morgan fingerprint density at radius 2 is 2.05 bits per heavy atom. The Bertz CT molecular complexity index is 434. The van der Waals surface area contributed by atoms with Crippen LogP contribution in [0.25, 0.3) is 0 Å². The summed E-state index contributed by atoms with van der Waals surface area (Å²) in [6.45, 7) is 7.07. The molecule has 2 rings (SSSR count). The lowest BCUT2D eigenvalue weighted by Gasteiger charge is -2.10. The molecule has 0 bridgehead atoms. The van der Waals surface area contributed by atoms with Gasteiger partial charge in [0.05, 0.1) is 6.61 Å². The topological polar surface area (TPSA) is 44.8 Å². The van der Waals surface area contributed by atoms with E-state index < -0.39 is 0 Å². The van der Waals surface area contributed by atoms with Crippen LogP contribution in [0.5, 0.6) is 0 Å². The number of cyclic esters (lactones) is 1. The number of ether oxygens (including phenoxy) is 3. The van der Waals surface area contributed by atoms with Crippen LogP contribution in [0, 0.1) is 0 Å². The summed E-state index contributed by atoms with van der Waals surface area (Å²) in [5.74, 6) is -0.297. The number of benzene rings is 1. The minimum Gasteiger partial charge on any atom is -0.454 e. The van der Waals surface area contributed by atoms with Crippen LogP contribution in [0.2, 0.25) is 0 Å². The van der Waals surface area contributed by atoms with E-state index in [1.54, 1.807) is 0 Å². The first-order valence-electron chi connectivity index (χ1n) is 6.33. The van der Waals surface area contributed by atoms with Gasteiger partial charge in [0.25, 0.3) is 0 Å². The Morgan fingerprint density at radius 1 is 1.32 bits per heavy atom. The van der Waals surface area contributed by atoms with Gasteiger partial charge >= 0.3 is 5.97 Å². The molecule has 19 heavy (non-hydrogen) atoms. The minimum atomic E-state index is -0.297. The van der Waals surface area contributed by atoms with Crippen molar-refractivity contribution in [3.05, 3.63) is 47.5 Å². The van der Waals surface area contributed by atoms with Crippen LogP contribution in [0.15, 0.2) is 36.4 Å². The highest BCUT2D eigenvalue weighted by Crippen LogP contribution is 2.32. The van der Waals surface area contributed by atoms with Crippen molar-refractivity contribution in [2.75, 3.05) is 13.4 Å². The second kappa shape index (κ2) is 6.50. The average molecular weight is 262 g/mol. The van der Waals surface area contributed by atoms with Gasteiger partial charge in [-0.1, -0.05) is 30.8 Å². The molecule has 102 valence electrons. The number of hydrogen-bond donors (Lipinski definition) is 0. The molecule has 1 atom stereocenters. The first-order chi connectivity index (χ1) is 9.20. The maximum Gasteiger partial charge on any atom is 0.334 e. The van der Waals surface area contributed by atoms with Crippen molar-refractivity contribution in [2.45, 2.75) is 26.1 Å². The van der Waals surface area contributed by atoms with E-state index in [9.17, 15) is 4.79 Å². The van der Waals surface area contributed by atoms with Crippen LogP contribution < -0.4 is 0 Å². The number of hydrogen-bond acceptors (Lipinski definition) is 4. The van der Waals surface area contributed by atoms with Crippen LogP contribution in [-0.2, 0) is 25.6 Å². The molecule has 0 radical (unpaired) electrons. The normalized spacial score (nSPS) is 18.7. The van der Waals surface area contributed by atoms with E-state index in [0.29, 0.717) is 32.0 Å². The van der Waals surface area contributed by atoms with Gasteiger partial charge in [-0.25, -0.2) is 4.79 Å². The van der Waals surface area contributed by atoms with E-state index >= 15 is 0 Å².